The number of anilines is 2. The number of hydrogen-bond donors (Lipinski definition) is 2. The SMILES string of the molecule is N#Cc1ccc(NC(=O)c2c(F)ccc(N)c2F)c(Br)c1. The van der Waals surface area contributed by atoms with Gasteiger partial charge in [0, 0.05) is 4.47 Å². The van der Waals surface area contributed by atoms with Gasteiger partial charge in [0.2, 0.25) is 0 Å². The van der Waals surface area contributed by atoms with Crippen LogP contribution in [0.1, 0.15) is 15.9 Å². The Hall–Kier alpha value is -2.46. The van der Waals surface area contributed by atoms with E-state index >= 15 is 0 Å². The van der Waals surface area contributed by atoms with Crippen LogP contribution < -0.4 is 11.1 Å². The van der Waals surface area contributed by atoms with Crippen molar-refractivity contribution in [1.82, 2.24) is 0 Å². The predicted octanol–water partition coefficient (Wildman–Crippen LogP) is 3.43. The molecule has 0 bridgehead atoms. The maximum Gasteiger partial charge on any atom is 0.261 e. The number of nitrogens with two attached hydrogens (primary N) is 1. The van der Waals surface area contributed by atoms with Crippen molar-refractivity contribution in [2.75, 3.05) is 11.1 Å². The van der Waals surface area contributed by atoms with Crippen molar-refractivity contribution in [3.63, 3.8) is 0 Å². The van der Waals surface area contributed by atoms with Crippen LogP contribution in [0.4, 0.5) is 20.2 Å². The zero-order chi connectivity index (χ0) is 15.6. The number of nitrogens with one attached hydrogen (secondary N) is 1. The zero-order valence-corrected chi connectivity index (χ0v) is 12.0. The van der Waals surface area contributed by atoms with Crippen LogP contribution in [0.3, 0.4) is 0 Å². The zero-order valence-electron chi connectivity index (χ0n) is 10.5. The van der Waals surface area contributed by atoms with Crippen LogP contribution in [-0.2, 0) is 0 Å². The fourth-order valence-corrected chi connectivity index (χ4v) is 2.13. The molecule has 0 saturated carbocycles. The van der Waals surface area contributed by atoms with Crippen molar-refractivity contribution in [2.45, 2.75) is 0 Å². The number of nitrogen functional groups attached to an aromatic ring is 1. The van der Waals surface area contributed by atoms with Gasteiger partial charge < -0.3 is 11.1 Å². The number of nitrogens with zero attached hydrogens (tertiary/aromatic N) is 1. The van der Waals surface area contributed by atoms with Crippen molar-refractivity contribution < 1.29 is 13.6 Å². The molecule has 2 aromatic carbocycles. The van der Waals surface area contributed by atoms with Crippen molar-refractivity contribution in [2.24, 2.45) is 0 Å². The van der Waals surface area contributed by atoms with Crippen molar-refractivity contribution in [1.29, 1.82) is 5.26 Å². The van der Waals surface area contributed by atoms with Crippen LogP contribution in [0, 0.1) is 23.0 Å². The minimum atomic E-state index is -1.11. The molecule has 0 aromatic heterocycles. The lowest BCUT2D eigenvalue weighted by Gasteiger charge is -2.10. The van der Waals surface area contributed by atoms with Gasteiger partial charge in [-0.3, -0.25) is 4.79 Å². The van der Waals surface area contributed by atoms with E-state index in [2.05, 4.69) is 21.2 Å². The molecule has 2 aromatic rings. The van der Waals surface area contributed by atoms with Gasteiger partial charge in [0.25, 0.3) is 5.91 Å². The molecular formula is C14H8BrF2N3O. The topological polar surface area (TPSA) is 78.9 Å². The highest BCUT2D eigenvalue weighted by atomic mass is 79.9. The molecule has 0 aliphatic carbocycles. The molecule has 7 heteroatoms. The molecule has 4 nitrogen and oxygen atoms in total. The average molecular weight is 352 g/mol. The van der Waals surface area contributed by atoms with Crippen molar-refractivity contribution in [3.8, 4) is 6.07 Å². The summed E-state index contributed by atoms with van der Waals surface area (Å²) in [5.41, 5.74) is 4.90. The van der Waals surface area contributed by atoms with Gasteiger partial charge in [-0.2, -0.15) is 5.26 Å². The van der Waals surface area contributed by atoms with Gasteiger partial charge >= 0.3 is 0 Å². The Labute approximate surface area is 127 Å². The standard InChI is InChI=1S/C14H8BrF2N3O/c15-8-5-7(6-18)1-4-11(8)20-14(21)12-9(16)2-3-10(19)13(12)17/h1-5H,19H2,(H,20,21). The Morgan fingerprint density at radius 3 is 2.62 bits per heavy atom. The molecule has 3 N–H and O–H groups in total. The Balaban J connectivity index is 2.35. The third-order valence-corrected chi connectivity index (χ3v) is 3.35. The summed E-state index contributed by atoms with van der Waals surface area (Å²) in [6.45, 7) is 0. The van der Waals surface area contributed by atoms with Crippen LogP contribution in [0.2, 0.25) is 0 Å². The van der Waals surface area contributed by atoms with Crippen LogP contribution in [0.5, 0.6) is 0 Å². The Kier molecular flexibility index (Phi) is 4.19. The van der Waals surface area contributed by atoms with Crippen LogP contribution in [-0.4, -0.2) is 5.91 Å². The number of carbonyl (C=O) groups excluding carboxylic acids is 1. The largest absolute Gasteiger partial charge is 0.396 e. The summed E-state index contributed by atoms with van der Waals surface area (Å²) in [6.07, 6.45) is 0. The first-order valence-electron chi connectivity index (χ1n) is 5.68. The maximum atomic E-state index is 13.8. The average Bonchev–Trinajstić information content (AvgIpc) is 2.45. The number of halogens is 3. The molecule has 0 saturated heterocycles. The first-order valence-corrected chi connectivity index (χ1v) is 6.48. The molecule has 0 aliphatic heterocycles. The van der Waals surface area contributed by atoms with Gasteiger partial charge in [-0.05, 0) is 46.3 Å². The van der Waals surface area contributed by atoms with E-state index < -0.39 is 23.1 Å². The third kappa shape index (κ3) is 3.01. The molecule has 106 valence electrons. The van der Waals surface area contributed by atoms with E-state index in [9.17, 15) is 13.6 Å². The smallest absolute Gasteiger partial charge is 0.261 e. The van der Waals surface area contributed by atoms with E-state index in [0.717, 1.165) is 12.1 Å². The van der Waals surface area contributed by atoms with Crippen molar-refractivity contribution in [3.05, 3.63) is 57.6 Å². The Bertz CT molecular complexity index is 772. The lowest BCUT2D eigenvalue weighted by atomic mass is 10.1. The minimum Gasteiger partial charge on any atom is -0.396 e. The number of nitriles is 1. The van der Waals surface area contributed by atoms with Crippen LogP contribution in [0.15, 0.2) is 34.8 Å². The molecule has 0 fully saturated rings. The third-order valence-electron chi connectivity index (χ3n) is 2.69. The Morgan fingerprint density at radius 2 is 2.00 bits per heavy atom. The summed E-state index contributed by atoms with van der Waals surface area (Å²) >= 11 is 3.16. The van der Waals surface area contributed by atoms with Gasteiger partial charge in [-0.25, -0.2) is 8.78 Å². The molecule has 0 spiro atoms. The number of benzene rings is 2. The first-order chi connectivity index (χ1) is 9.93. The summed E-state index contributed by atoms with van der Waals surface area (Å²) in [6, 6.07) is 8.27. The Morgan fingerprint density at radius 1 is 1.29 bits per heavy atom. The first kappa shape index (κ1) is 14.9. The minimum absolute atomic E-state index is 0.278. The fourth-order valence-electron chi connectivity index (χ4n) is 1.65. The van der Waals surface area contributed by atoms with Gasteiger partial charge in [-0.15, -0.1) is 0 Å². The number of carbonyl (C=O) groups is 1. The van der Waals surface area contributed by atoms with E-state index in [0.29, 0.717) is 10.0 Å². The lowest BCUT2D eigenvalue weighted by molar-refractivity contribution is 0.101. The fraction of sp³-hybridized carbons (Fsp3) is 0. The highest BCUT2D eigenvalue weighted by Crippen LogP contribution is 2.25. The van der Waals surface area contributed by atoms with E-state index in [1.807, 2.05) is 6.07 Å². The van der Waals surface area contributed by atoms with Gasteiger partial charge in [0.15, 0.2) is 5.82 Å². The van der Waals surface area contributed by atoms with E-state index in [4.69, 9.17) is 11.0 Å². The number of hydrogen-bond acceptors (Lipinski definition) is 3. The monoisotopic (exact) mass is 351 g/mol. The number of rotatable bonds is 2. The second-order valence-electron chi connectivity index (χ2n) is 4.09. The van der Waals surface area contributed by atoms with Gasteiger partial charge in [0.1, 0.15) is 11.4 Å². The normalized spacial score (nSPS) is 10.0. The van der Waals surface area contributed by atoms with E-state index in [1.165, 1.54) is 18.2 Å². The molecule has 0 heterocycles. The summed E-state index contributed by atoms with van der Waals surface area (Å²) in [4.78, 5) is 12.0. The highest BCUT2D eigenvalue weighted by molar-refractivity contribution is 9.10. The van der Waals surface area contributed by atoms with Crippen LogP contribution >= 0.6 is 15.9 Å². The van der Waals surface area contributed by atoms with E-state index in [-0.39, 0.29) is 11.4 Å². The van der Waals surface area contributed by atoms with Crippen LogP contribution in [0.25, 0.3) is 0 Å². The van der Waals surface area contributed by atoms with Gasteiger partial charge in [0.05, 0.1) is 23.0 Å². The molecule has 0 unspecified atom stereocenters. The second kappa shape index (κ2) is 5.89. The predicted molar refractivity (Wildman–Crippen MR) is 77.6 cm³/mol. The molecule has 0 atom stereocenters. The molecule has 21 heavy (non-hydrogen) atoms. The lowest BCUT2D eigenvalue weighted by Crippen LogP contribution is -2.17. The number of amides is 1. The molecule has 0 aliphatic rings. The quantitative estimate of drug-likeness (QED) is 0.813. The summed E-state index contributed by atoms with van der Waals surface area (Å²) in [7, 11) is 0. The molecule has 1 amide bonds. The summed E-state index contributed by atoms with van der Waals surface area (Å²) < 4.78 is 27.8. The summed E-state index contributed by atoms with van der Waals surface area (Å²) in [5, 5.41) is 11.1. The van der Waals surface area contributed by atoms with E-state index in [1.54, 1.807) is 0 Å². The molecular weight excluding hydrogens is 344 g/mol. The molecule has 0 radical (unpaired) electrons. The van der Waals surface area contributed by atoms with Crippen molar-refractivity contribution >= 4 is 33.2 Å². The molecule has 2 rings (SSSR count). The maximum absolute atomic E-state index is 13.8. The van der Waals surface area contributed by atoms with Gasteiger partial charge in [-0.1, -0.05) is 0 Å². The summed E-state index contributed by atoms with van der Waals surface area (Å²) in [5.74, 6) is -3.09. The highest BCUT2D eigenvalue weighted by Gasteiger charge is 2.20. The second-order valence-corrected chi connectivity index (χ2v) is 4.94.